The molecule has 1 amide bonds. The van der Waals surface area contributed by atoms with Crippen molar-refractivity contribution in [2.24, 2.45) is 0 Å². The molecule has 0 aliphatic carbocycles. The van der Waals surface area contributed by atoms with Crippen LogP contribution in [0.25, 0.3) is 5.57 Å². The molecule has 1 fully saturated rings. The Balaban J connectivity index is 1.63. The highest BCUT2D eigenvalue weighted by atomic mass is 32.2. The van der Waals surface area contributed by atoms with E-state index in [0.29, 0.717) is 21.5 Å². The lowest BCUT2D eigenvalue weighted by atomic mass is 9.99. The fourth-order valence-corrected chi connectivity index (χ4v) is 6.53. The Morgan fingerprint density at radius 3 is 2.59 bits per heavy atom. The highest BCUT2D eigenvalue weighted by Gasteiger charge is 2.35. The van der Waals surface area contributed by atoms with Crippen molar-refractivity contribution in [3.05, 3.63) is 81.4 Å². The molecule has 3 heterocycles. The zero-order chi connectivity index (χ0) is 22.4. The van der Waals surface area contributed by atoms with Crippen molar-refractivity contribution in [1.82, 2.24) is 4.90 Å². The molecule has 7 heteroatoms. The Hall–Kier alpha value is -2.48. The highest BCUT2D eigenvalue weighted by molar-refractivity contribution is 8.26. The van der Waals surface area contributed by atoms with E-state index in [1.807, 2.05) is 26.0 Å². The number of nitrogens with zero attached hydrogens (tertiary/aromatic N) is 2. The number of carbonyl (C=O) groups is 1. The molecule has 0 atom stereocenters. The fourth-order valence-electron chi connectivity index (χ4n) is 3.99. The second kappa shape index (κ2) is 8.46. The third-order valence-electron chi connectivity index (χ3n) is 5.58. The number of hydrogen-bond acceptors (Lipinski definition) is 6. The van der Waals surface area contributed by atoms with E-state index in [9.17, 15) is 4.79 Å². The summed E-state index contributed by atoms with van der Waals surface area (Å²) in [6, 6.07) is 14.7. The van der Waals surface area contributed by atoms with Crippen molar-refractivity contribution in [3.63, 3.8) is 0 Å². The molecule has 3 aliphatic heterocycles. The molecular weight excluding hydrogens is 456 g/mol. The molecule has 0 unspecified atom stereocenters. The molecule has 0 saturated carbocycles. The topological polar surface area (TPSA) is 32.8 Å². The summed E-state index contributed by atoms with van der Waals surface area (Å²) in [5.41, 5.74) is 4.38. The summed E-state index contributed by atoms with van der Waals surface area (Å²) < 4.78 is 6.82. The Labute approximate surface area is 202 Å². The zero-order valence-electron chi connectivity index (χ0n) is 18.0. The maximum Gasteiger partial charge on any atom is 0.269 e. The van der Waals surface area contributed by atoms with Gasteiger partial charge in [0, 0.05) is 23.5 Å². The molecule has 162 valence electrons. The molecule has 0 aromatic heterocycles. The van der Waals surface area contributed by atoms with E-state index in [4.69, 9.17) is 17.0 Å². The van der Waals surface area contributed by atoms with E-state index in [2.05, 4.69) is 54.3 Å². The van der Waals surface area contributed by atoms with E-state index in [1.54, 1.807) is 16.7 Å². The minimum Gasteiger partial charge on any atom is -0.455 e. The van der Waals surface area contributed by atoms with Crippen LogP contribution in [-0.4, -0.2) is 28.2 Å². The van der Waals surface area contributed by atoms with Gasteiger partial charge in [0.2, 0.25) is 0 Å². The number of hydrogen-bond donors (Lipinski definition) is 0. The number of para-hydroxylation sites is 1. The molecular formula is C25H22N2O2S3. The number of carbonyl (C=O) groups excluding carboxylic acids is 1. The first-order chi connectivity index (χ1) is 15.5. The lowest BCUT2D eigenvalue weighted by Crippen LogP contribution is -2.27. The Morgan fingerprint density at radius 2 is 1.84 bits per heavy atom. The summed E-state index contributed by atoms with van der Waals surface area (Å²) in [5, 5.41) is 1.16. The summed E-state index contributed by atoms with van der Waals surface area (Å²) in [6.07, 6.45) is 4.18. The average molecular weight is 479 g/mol. The van der Waals surface area contributed by atoms with Gasteiger partial charge in [-0.1, -0.05) is 60.0 Å². The van der Waals surface area contributed by atoms with Crippen LogP contribution in [0.15, 0.2) is 75.2 Å². The molecule has 0 spiro atoms. The van der Waals surface area contributed by atoms with Crippen molar-refractivity contribution in [2.75, 3.05) is 18.0 Å². The first-order valence-electron chi connectivity index (χ1n) is 10.5. The number of anilines is 1. The first kappa shape index (κ1) is 21.4. The second-order valence-corrected chi connectivity index (χ2v) is 10.3. The predicted octanol–water partition coefficient (Wildman–Crippen LogP) is 6.34. The molecule has 4 nitrogen and oxygen atoms in total. The van der Waals surface area contributed by atoms with Gasteiger partial charge in [-0.15, -0.1) is 0 Å². The minimum absolute atomic E-state index is 0.0883. The summed E-state index contributed by atoms with van der Waals surface area (Å²) in [4.78, 5) is 18.7. The van der Waals surface area contributed by atoms with Gasteiger partial charge in [-0.3, -0.25) is 9.69 Å². The molecule has 0 bridgehead atoms. The normalized spacial score (nSPS) is 21.1. The third-order valence-corrected chi connectivity index (χ3v) is 8.13. The van der Waals surface area contributed by atoms with Gasteiger partial charge in [-0.25, -0.2) is 0 Å². The van der Waals surface area contributed by atoms with Crippen LogP contribution in [0.2, 0.25) is 0 Å². The molecule has 3 aliphatic rings. The van der Waals surface area contributed by atoms with Crippen LogP contribution in [-0.2, 0) is 4.79 Å². The largest absolute Gasteiger partial charge is 0.455 e. The number of rotatable bonds is 3. The summed E-state index contributed by atoms with van der Waals surface area (Å²) in [6.45, 7) is 7.56. The fraction of sp³-hybridized carbons (Fsp3) is 0.200. The highest BCUT2D eigenvalue weighted by Crippen LogP contribution is 2.48. The van der Waals surface area contributed by atoms with Crippen LogP contribution in [0.4, 0.5) is 5.69 Å². The van der Waals surface area contributed by atoms with Crippen LogP contribution >= 0.6 is 35.7 Å². The maximum atomic E-state index is 12.9. The van der Waals surface area contributed by atoms with Crippen molar-refractivity contribution >= 4 is 57.2 Å². The summed E-state index contributed by atoms with van der Waals surface area (Å²) in [7, 11) is 0. The monoisotopic (exact) mass is 478 g/mol. The third kappa shape index (κ3) is 3.58. The number of allylic oxidation sites excluding steroid dienone is 3. The predicted molar refractivity (Wildman–Crippen MR) is 138 cm³/mol. The van der Waals surface area contributed by atoms with E-state index < -0.39 is 0 Å². The van der Waals surface area contributed by atoms with E-state index >= 15 is 0 Å². The van der Waals surface area contributed by atoms with Crippen LogP contribution in [0.1, 0.15) is 25.0 Å². The SMILES string of the molecule is CCN1C(=O)/C(=C2C=C(/C=C3\Sc4ccccc4N3CC)c3ccc(C)cc3O\2)SC1=S. The summed E-state index contributed by atoms with van der Waals surface area (Å²) in [5.74, 6) is 1.24. The van der Waals surface area contributed by atoms with Gasteiger partial charge in [0.25, 0.3) is 5.91 Å². The molecule has 2 aromatic carbocycles. The van der Waals surface area contributed by atoms with Crippen LogP contribution in [0, 0.1) is 6.92 Å². The zero-order valence-corrected chi connectivity index (χ0v) is 20.5. The van der Waals surface area contributed by atoms with Crippen molar-refractivity contribution in [2.45, 2.75) is 25.7 Å². The van der Waals surface area contributed by atoms with E-state index in [-0.39, 0.29) is 5.91 Å². The van der Waals surface area contributed by atoms with Crippen LogP contribution in [0.5, 0.6) is 5.75 Å². The first-order valence-corrected chi connectivity index (χ1v) is 12.6. The van der Waals surface area contributed by atoms with Crippen LogP contribution < -0.4 is 9.64 Å². The number of likely N-dealkylation sites (N-methyl/N-ethyl adjacent to an activating group) is 1. The lowest BCUT2D eigenvalue weighted by Gasteiger charge is -2.22. The molecule has 2 aromatic rings. The van der Waals surface area contributed by atoms with Gasteiger partial charge in [0.15, 0.2) is 0 Å². The van der Waals surface area contributed by atoms with Gasteiger partial charge >= 0.3 is 0 Å². The standard InChI is InChI=1S/C25H22N2O2S3/c1-4-26-18-8-6-7-9-21(18)31-22(26)14-16-13-20(23-24(28)27(5-2)25(30)32-23)29-19-12-15(3)10-11-17(16)19/h6-14H,4-5H2,1-3H3/b22-14-,23-20-. The van der Waals surface area contributed by atoms with Crippen LogP contribution in [0.3, 0.4) is 0 Å². The quantitative estimate of drug-likeness (QED) is 0.378. The number of ether oxygens (including phenoxy) is 1. The molecule has 1 saturated heterocycles. The number of thioether (sulfide) groups is 2. The lowest BCUT2D eigenvalue weighted by molar-refractivity contribution is -0.122. The number of amides is 1. The average Bonchev–Trinajstić information content (AvgIpc) is 3.28. The van der Waals surface area contributed by atoms with Crippen molar-refractivity contribution < 1.29 is 9.53 Å². The second-order valence-electron chi connectivity index (χ2n) is 7.61. The van der Waals surface area contributed by atoms with Gasteiger partial charge in [0.1, 0.15) is 20.7 Å². The van der Waals surface area contributed by atoms with Gasteiger partial charge in [0.05, 0.1) is 10.7 Å². The number of benzene rings is 2. The van der Waals surface area contributed by atoms with Gasteiger partial charge < -0.3 is 9.64 Å². The smallest absolute Gasteiger partial charge is 0.269 e. The Morgan fingerprint density at radius 1 is 1.06 bits per heavy atom. The Kier molecular flexibility index (Phi) is 5.65. The van der Waals surface area contributed by atoms with E-state index in [0.717, 1.165) is 34.0 Å². The van der Waals surface area contributed by atoms with Gasteiger partial charge in [-0.05, 0) is 62.3 Å². The van der Waals surface area contributed by atoms with Crippen molar-refractivity contribution in [1.29, 1.82) is 0 Å². The van der Waals surface area contributed by atoms with Crippen molar-refractivity contribution in [3.8, 4) is 5.75 Å². The van der Waals surface area contributed by atoms with E-state index in [1.165, 1.54) is 22.3 Å². The number of fused-ring (bicyclic) bond motifs is 2. The molecule has 5 rings (SSSR count). The minimum atomic E-state index is -0.0883. The number of thiocarbonyl (C=S) groups is 1. The summed E-state index contributed by atoms with van der Waals surface area (Å²) >= 11 is 8.49. The number of aryl methyl sites for hydroxylation is 1. The van der Waals surface area contributed by atoms with Gasteiger partial charge in [-0.2, -0.15) is 0 Å². The molecule has 0 N–H and O–H groups in total. The molecule has 32 heavy (non-hydrogen) atoms. The Bertz CT molecular complexity index is 1250. The molecule has 0 radical (unpaired) electrons. The maximum absolute atomic E-state index is 12.9.